The van der Waals surface area contributed by atoms with Gasteiger partial charge in [0.05, 0.1) is 17.1 Å². The van der Waals surface area contributed by atoms with Crippen LogP contribution in [0.2, 0.25) is 0 Å². The quantitative estimate of drug-likeness (QED) is 0.690. The Labute approximate surface area is 191 Å². The molecule has 2 heterocycles. The Morgan fingerprint density at radius 1 is 0.969 bits per heavy atom. The van der Waals surface area contributed by atoms with Gasteiger partial charge in [-0.05, 0) is 62.8 Å². The fourth-order valence-electron chi connectivity index (χ4n) is 4.74. The molecule has 2 aliphatic heterocycles. The molecule has 1 amide bonds. The minimum atomic E-state index is -3.68. The highest BCUT2D eigenvalue weighted by molar-refractivity contribution is 7.89. The highest BCUT2D eigenvalue weighted by Crippen LogP contribution is 2.25. The summed E-state index contributed by atoms with van der Waals surface area (Å²) in [4.78, 5) is 15.1. The molecule has 2 atom stereocenters. The zero-order valence-corrected chi connectivity index (χ0v) is 19.6. The number of morpholine rings is 1. The predicted octanol–water partition coefficient (Wildman–Crippen LogP) is 3.58. The number of nitrogens with zero attached hydrogens (tertiary/aromatic N) is 2. The van der Waals surface area contributed by atoms with Crippen LogP contribution in [0.4, 0.5) is 0 Å². The third-order valence-corrected chi connectivity index (χ3v) is 8.20. The van der Waals surface area contributed by atoms with Crippen molar-refractivity contribution in [3.05, 3.63) is 65.7 Å². The molecule has 0 aliphatic carbocycles. The van der Waals surface area contributed by atoms with Crippen molar-refractivity contribution >= 4 is 15.9 Å². The third-order valence-electron chi connectivity index (χ3n) is 6.37. The lowest BCUT2D eigenvalue weighted by molar-refractivity contribution is -0.0440. The van der Waals surface area contributed by atoms with E-state index in [9.17, 15) is 13.2 Å². The first kappa shape index (κ1) is 23.0. The second-order valence-corrected chi connectivity index (χ2v) is 11.0. The van der Waals surface area contributed by atoms with Crippen LogP contribution in [0.15, 0.2) is 59.5 Å². The largest absolute Gasteiger partial charge is 0.373 e. The van der Waals surface area contributed by atoms with Crippen molar-refractivity contribution in [2.75, 3.05) is 26.2 Å². The molecular weight excluding hydrogens is 424 g/mol. The topological polar surface area (TPSA) is 66.9 Å². The van der Waals surface area contributed by atoms with Crippen LogP contribution in [0.25, 0.3) is 0 Å². The van der Waals surface area contributed by atoms with Crippen LogP contribution in [0.1, 0.15) is 42.6 Å². The van der Waals surface area contributed by atoms with Crippen LogP contribution in [0.5, 0.6) is 0 Å². The van der Waals surface area contributed by atoms with Crippen LogP contribution >= 0.6 is 0 Å². The molecule has 7 heteroatoms. The first-order valence-corrected chi connectivity index (χ1v) is 12.9. The molecule has 0 spiro atoms. The summed E-state index contributed by atoms with van der Waals surface area (Å²) in [6.45, 7) is 5.79. The van der Waals surface area contributed by atoms with E-state index in [-0.39, 0.29) is 23.0 Å². The highest BCUT2D eigenvalue weighted by atomic mass is 32.2. The molecule has 2 aliphatic rings. The molecule has 0 N–H and O–H groups in total. The maximum absolute atomic E-state index is 13.2. The molecule has 0 radical (unpaired) electrons. The van der Waals surface area contributed by atoms with Crippen molar-refractivity contribution in [1.82, 2.24) is 9.21 Å². The molecule has 2 fully saturated rings. The SMILES string of the molecule is CC1CN(S(=O)(=O)c2cccc(C(=O)N3CCC(Cc4ccccc4)CC3)c2)CC(C)O1. The Morgan fingerprint density at radius 3 is 2.28 bits per heavy atom. The summed E-state index contributed by atoms with van der Waals surface area (Å²) < 4.78 is 33.5. The second kappa shape index (κ2) is 9.73. The summed E-state index contributed by atoms with van der Waals surface area (Å²) in [6.07, 6.45) is 2.64. The lowest BCUT2D eigenvalue weighted by atomic mass is 9.90. The van der Waals surface area contributed by atoms with Gasteiger partial charge in [0.15, 0.2) is 0 Å². The lowest BCUT2D eigenvalue weighted by Crippen LogP contribution is -2.48. The average Bonchev–Trinajstić information content (AvgIpc) is 2.79. The Kier molecular flexibility index (Phi) is 6.98. The maximum Gasteiger partial charge on any atom is 0.253 e. The highest BCUT2D eigenvalue weighted by Gasteiger charge is 2.33. The average molecular weight is 457 g/mol. The molecule has 6 nitrogen and oxygen atoms in total. The van der Waals surface area contributed by atoms with Gasteiger partial charge < -0.3 is 9.64 Å². The molecule has 172 valence electrons. The van der Waals surface area contributed by atoms with Crippen LogP contribution in [0, 0.1) is 5.92 Å². The van der Waals surface area contributed by atoms with Gasteiger partial charge in [0, 0.05) is 31.7 Å². The number of benzene rings is 2. The van der Waals surface area contributed by atoms with Crippen LogP contribution < -0.4 is 0 Å². The number of likely N-dealkylation sites (tertiary alicyclic amines) is 1. The molecular formula is C25H32N2O4S. The van der Waals surface area contributed by atoms with Gasteiger partial charge in [-0.2, -0.15) is 4.31 Å². The van der Waals surface area contributed by atoms with E-state index >= 15 is 0 Å². The Morgan fingerprint density at radius 2 is 1.62 bits per heavy atom. The van der Waals surface area contributed by atoms with Crippen LogP contribution in [-0.4, -0.2) is 61.9 Å². The number of amides is 1. The van der Waals surface area contributed by atoms with E-state index < -0.39 is 10.0 Å². The molecule has 0 bridgehead atoms. The number of sulfonamides is 1. The van der Waals surface area contributed by atoms with E-state index in [0.717, 1.165) is 19.3 Å². The predicted molar refractivity (Wildman–Crippen MR) is 124 cm³/mol. The Balaban J connectivity index is 1.41. The monoisotopic (exact) mass is 456 g/mol. The normalized spacial score (nSPS) is 23.2. The summed E-state index contributed by atoms with van der Waals surface area (Å²) in [5, 5.41) is 0. The summed E-state index contributed by atoms with van der Waals surface area (Å²) >= 11 is 0. The van der Waals surface area contributed by atoms with Gasteiger partial charge in [0.25, 0.3) is 5.91 Å². The first-order valence-electron chi connectivity index (χ1n) is 11.4. The standard InChI is InChI=1S/C25H32N2O4S/c1-19-17-27(18-20(2)31-19)32(29,30)24-10-6-9-23(16-24)25(28)26-13-11-22(12-14-26)15-21-7-4-3-5-8-21/h3-10,16,19-20,22H,11-15,17-18H2,1-2H3. The van der Waals surface area contributed by atoms with Gasteiger partial charge in [-0.25, -0.2) is 8.42 Å². The van der Waals surface area contributed by atoms with E-state index in [0.29, 0.717) is 37.7 Å². The maximum atomic E-state index is 13.2. The number of rotatable bonds is 5. The minimum absolute atomic E-state index is 0.0936. The van der Waals surface area contributed by atoms with Gasteiger partial charge in [0.1, 0.15) is 0 Å². The molecule has 2 aromatic carbocycles. The van der Waals surface area contributed by atoms with Gasteiger partial charge in [-0.3, -0.25) is 4.79 Å². The summed E-state index contributed by atoms with van der Waals surface area (Å²) in [7, 11) is -3.68. The van der Waals surface area contributed by atoms with Gasteiger partial charge in [-0.15, -0.1) is 0 Å². The van der Waals surface area contributed by atoms with Crippen molar-refractivity contribution in [3.63, 3.8) is 0 Å². The number of carbonyl (C=O) groups is 1. The van der Waals surface area contributed by atoms with Gasteiger partial charge >= 0.3 is 0 Å². The first-order chi connectivity index (χ1) is 15.3. The molecule has 2 aromatic rings. The zero-order chi connectivity index (χ0) is 22.7. The van der Waals surface area contributed by atoms with Crippen molar-refractivity contribution in [1.29, 1.82) is 0 Å². The number of piperidine rings is 1. The molecule has 0 saturated carbocycles. The zero-order valence-electron chi connectivity index (χ0n) is 18.8. The fourth-order valence-corrected chi connectivity index (χ4v) is 6.37. The summed E-state index contributed by atoms with van der Waals surface area (Å²) in [6, 6.07) is 16.9. The summed E-state index contributed by atoms with van der Waals surface area (Å²) in [5.74, 6) is 0.474. The Hall–Kier alpha value is -2.22. The minimum Gasteiger partial charge on any atom is -0.373 e. The molecule has 2 saturated heterocycles. The Bertz CT molecular complexity index is 1020. The summed E-state index contributed by atoms with van der Waals surface area (Å²) in [5.41, 5.74) is 1.77. The smallest absolute Gasteiger partial charge is 0.253 e. The van der Waals surface area contributed by atoms with Gasteiger partial charge in [0.2, 0.25) is 10.0 Å². The van der Waals surface area contributed by atoms with E-state index in [1.165, 1.54) is 15.9 Å². The van der Waals surface area contributed by atoms with Crippen molar-refractivity contribution < 1.29 is 17.9 Å². The number of hydrogen-bond donors (Lipinski definition) is 0. The van der Waals surface area contributed by atoms with Crippen molar-refractivity contribution in [2.24, 2.45) is 5.92 Å². The van der Waals surface area contributed by atoms with E-state index in [4.69, 9.17) is 4.74 Å². The van der Waals surface area contributed by atoms with Crippen LogP contribution in [-0.2, 0) is 21.2 Å². The van der Waals surface area contributed by atoms with Crippen molar-refractivity contribution in [3.8, 4) is 0 Å². The number of carbonyl (C=O) groups excluding carboxylic acids is 1. The van der Waals surface area contributed by atoms with E-state index in [1.54, 1.807) is 18.2 Å². The van der Waals surface area contributed by atoms with E-state index in [2.05, 4.69) is 24.3 Å². The molecule has 4 rings (SSSR count). The second-order valence-electron chi connectivity index (χ2n) is 9.03. The van der Waals surface area contributed by atoms with Crippen molar-refractivity contribution in [2.45, 2.75) is 50.2 Å². The fraction of sp³-hybridized carbons (Fsp3) is 0.480. The van der Waals surface area contributed by atoms with Gasteiger partial charge in [-0.1, -0.05) is 36.4 Å². The molecule has 0 aromatic heterocycles. The molecule has 32 heavy (non-hydrogen) atoms. The van der Waals surface area contributed by atoms with E-state index in [1.807, 2.05) is 24.8 Å². The molecule has 2 unspecified atom stereocenters. The van der Waals surface area contributed by atoms with Crippen LogP contribution in [0.3, 0.4) is 0 Å². The number of ether oxygens (including phenoxy) is 1. The lowest BCUT2D eigenvalue weighted by Gasteiger charge is -2.34. The third kappa shape index (κ3) is 5.22. The number of hydrogen-bond acceptors (Lipinski definition) is 4.